The lowest BCUT2D eigenvalue weighted by molar-refractivity contribution is -0.142. The molecule has 24 heteroatoms. The minimum Gasteiger partial charge on any atom is -0.480 e. The number of aliphatic carboxylic acids is 1. The van der Waals surface area contributed by atoms with Crippen molar-refractivity contribution < 1.29 is 48.6 Å². The van der Waals surface area contributed by atoms with E-state index < -0.39 is 109 Å². The SMILES string of the molecule is CCCC[C@H](NC(C)=O)C(=O)N[C@H]1CCC(=O)NC[C@@H](C(=O)N[C@@H](Cc2c[nH]c3ccccc23)C(=O)O)NC(O)[C@H](CCCN=C(N)N)NC(=O)[C@@H](Cc2ccccc2)NC(=O)[C@H](Cc2cnc[nH]2)NC1=O. The van der Waals surface area contributed by atoms with E-state index in [0.29, 0.717) is 29.7 Å². The number of aliphatic imine (C=N–C) groups is 1. The summed E-state index contributed by atoms with van der Waals surface area (Å²) in [4.78, 5) is 124. The summed E-state index contributed by atoms with van der Waals surface area (Å²) in [5.74, 6) is -6.95. The quantitative estimate of drug-likeness (QED) is 0.0285. The Hall–Kier alpha value is -7.86. The molecule has 5 rings (SSSR count). The Bertz CT molecular complexity index is 2500. The molecule has 24 nitrogen and oxygen atoms in total. The fraction of sp³-hybridized carbons (Fsp3) is 0.458. The minimum absolute atomic E-state index is 0.00540. The number of aromatic nitrogens is 3. The summed E-state index contributed by atoms with van der Waals surface area (Å²) < 4.78 is 0. The van der Waals surface area contributed by atoms with Gasteiger partial charge in [-0.1, -0.05) is 68.3 Å². The van der Waals surface area contributed by atoms with Crippen LogP contribution in [0.15, 0.2) is 78.3 Å². The van der Waals surface area contributed by atoms with Crippen LogP contribution in [0.4, 0.5) is 0 Å². The number of carbonyl (C=O) groups is 8. The fourth-order valence-corrected chi connectivity index (χ4v) is 8.13. The van der Waals surface area contributed by atoms with E-state index in [4.69, 9.17) is 11.5 Å². The van der Waals surface area contributed by atoms with Crippen LogP contribution in [0.2, 0.25) is 0 Å². The van der Waals surface area contributed by atoms with Crippen LogP contribution in [-0.2, 0) is 57.6 Å². The number of hydrogen-bond donors (Lipinski definition) is 14. The van der Waals surface area contributed by atoms with Crippen molar-refractivity contribution in [2.75, 3.05) is 13.1 Å². The zero-order valence-corrected chi connectivity index (χ0v) is 40.2. The maximum absolute atomic E-state index is 14.5. The third-order valence-electron chi connectivity index (χ3n) is 11.9. The highest BCUT2D eigenvalue weighted by Gasteiger charge is 2.35. The maximum Gasteiger partial charge on any atom is 0.326 e. The zero-order chi connectivity index (χ0) is 52.2. The monoisotopic (exact) mass is 999 g/mol. The lowest BCUT2D eigenvalue weighted by atomic mass is 10.0. The number of carbonyl (C=O) groups excluding carboxylic acids is 7. The first kappa shape index (κ1) is 55.1. The topological polar surface area (TPSA) is 382 Å². The fourth-order valence-electron chi connectivity index (χ4n) is 8.13. The van der Waals surface area contributed by atoms with Gasteiger partial charge < -0.3 is 68.9 Å². The van der Waals surface area contributed by atoms with Gasteiger partial charge in [-0.05, 0) is 42.9 Å². The largest absolute Gasteiger partial charge is 0.480 e. The van der Waals surface area contributed by atoms with Gasteiger partial charge in [-0.2, -0.15) is 0 Å². The van der Waals surface area contributed by atoms with E-state index in [2.05, 4.69) is 62.5 Å². The lowest BCUT2D eigenvalue weighted by Gasteiger charge is -2.31. The third-order valence-corrected chi connectivity index (χ3v) is 11.9. The number of carboxylic acids is 1. The van der Waals surface area contributed by atoms with Crippen LogP contribution in [0.3, 0.4) is 0 Å². The smallest absolute Gasteiger partial charge is 0.326 e. The molecule has 4 aromatic rings. The van der Waals surface area contributed by atoms with E-state index >= 15 is 0 Å². The number of aliphatic hydroxyl groups excluding tert-OH is 1. The average Bonchev–Trinajstić information content (AvgIpc) is 4.02. The summed E-state index contributed by atoms with van der Waals surface area (Å²) in [5, 5.41) is 44.3. The van der Waals surface area contributed by atoms with E-state index in [1.807, 2.05) is 19.1 Å². The maximum atomic E-state index is 14.5. The van der Waals surface area contributed by atoms with Crippen LogP contribution in [0.5, 0.6) is 0 Å². The van der Waals surface area contributed by atoms with E-state index in [1.165, 1.54) is 19.4 Å². The van der Waals surface area contributed by atoms with Gasteiger partial charge in [-0.25, -0.2) is 9.78 Å². The number of nitrogens with zero attached hydrogens (tertiary/aromatic N) is 2. The number of nitrogens with one attached hydrogen (secondary N) is 10. The summed E-state index contributed by atoms with van der Waals surface area (Å²) in [6.45, 7) is 2.67. The predicted molar refractivity (Wildman–Crippen MR) is 264 cm³/mol. The number of rotatable bonds is 19. The number of hydrogen-bond acceptors (Lipinski definition) is 12. The number of fused-ring (bicyclic) bond motifs is 1. The predicted octanol–water partition coefficient (Wildman–Crippen LogP) is -1.64. The number of imidazole rings is 1. The number of benzene rings is 2. The van der Waals surface area contributed by atoms with Crippen LogP contribution in [-0.4, -0.2) is 140 Å². The van der Waals surface area contributed by atoms with Crippen LogP contribution in [0.1, 0.15) is 75.6 Å². The summed E-state index contributed by atoms with van der Waals surface area (Å²) in [6, 6.07) is 6.39. The molecule has 1 aliphatic heterocycles. The van der Waals surface area contributed by atoms with Gasteiger partial charge in [-0.3, -0.25) is 43.9 Å². The van der Waals surface area contributed by atoms with Gasteiger partial charge in [0.25, 0.3) is 0 Å². The van der Waals surface area contributed by atoms with Crippen LogP contribution in [0.25, 0.3) is 10.9 Å². The first-order chi connectivity index (χ1) is 34.5. The highest BCUT2D eigenvalue weighted by molar-refractivity contribution is 5.96. The first-order valence-electron chi connectivity index (χ1n) is 23.8. The van der Waals surface area contributed by atoms with Crippen molar-refractivity contribution >= 4 is 64.2 Å². The van der Waals surface area contributed by atoms with E-state index in [1.54, 1.807) is 48.7 Å². The van der Waals surface area contributed by atoms with Crippen molar-refractivity contribution in [3.63, 3.8) is 0 Å². The number of aromatic amines is 2. The highest BCUT2D eigenvalue weighted by atomic mass is 16.4. The Kier molecular flexibility index (Phi) is 21.0. The standard InChI is InChI=1S/C48H66N14O10/c1-3-4-14-33(56-27(2)63)41(65)58-35-17-18-40(64)54-25-39(46(70)61-38(47(71)72)21-29-23-53-32-15-9-8-13-31(29)32)62-42(66)34(16-10-19-52-48(49)50)57-44(68)36(20-28-11-6-5-7-12-28)59-45(69)37(60-43(35)67)22-30-24-51-26-55-30/h5-9,11-13,15,23-24,26,33-39,42,53,62,66H,3-4,10,14,16-22,25H2,1-2H3,(H,51,55)(H,54,64)(H,56,63)(H,57,68)(H,58,65)(H,59,69)(H,60,67)(H,61,70)(H,71,72)(H4,49,50,52)/t33-,34-,35-,36+,37-,38-,39-,42?/m0/s1. The van der Waals surface area contributed by atoms with E-state index in [0.717, 1.165) is 10.9 Å². The molecule has 1 saturated heterocycles. The lowest BCUT2D eigenvalue weighted by Crippen LogP contribution is -2.63. The van der Waals surface area contributed by atoms with Crippen molar-refractivity contribution in [3.05, 3.63) is 90.1 Å². The van der Waals surface area contributed by atoms with Gasteiger partial charge in [0.2, 0.25) is 41.4 Å². The molecule has 8 atom stereocenters. The molecule has 1 fully saturated rings. The number of aliphatic hydroxyl groups is 1. The molecule has 388 valence electrons. The molecule has 2 aromatic carbocycles. The minimum atomic E-state index is -1.76. The van der Waals surface area contributed by atoms with Gasteiger partial charge in [0.1, 0.15) is 42.5 Å². The molecule has 0 spiro atoms. The van der Waals surface area contributed by atoms with Crippen molar-refractivity contribution in [3.8, 4) is 0 Å². The van der Waals surface area contributed by atoms with Crippen molar-refractivity contribution in [2.45, 2.75) is 127 Å². The van der Waals surface area contributed by atoms with Gasteiger partial charge in [0.05, 0.1) is 12.4 Å². The highest BCUT2D eigenvalue weighted by Crippen LogP contribution is 2.20. The summed E-state index contributed by atoms with van der Waals surface area (Å²) in [6.07, 6.45) is 3.17. The Morgan fingerprint density at radius 1 is 0.875 bits per heavy atom. The second kappa shape index (κ2) is 27.5. The number of H-pyrrole nitrogens is 2. The molecule has 16 N–H and O–H groups in total. The summed E-state index contributed by atoms with van der Waals surface area (Å²) in [7, 11) is 0. The Morgan fingerprint density at radius 2 is 1.58 bits per heavy atom. The number of amides is 7. The molecule has 2 aromatic heterocycles. The van der Waals surface area contributed by atoms with Gasteiger partial charge >= 0.3 is 5.97 Å². The second-order valence-corrected chi connectivity index (χ2v) is 17.6. The van der Waals surface area contributed by atoms with Crippen molar-refractivity contribution in [2.24, 2.45) is 16.5 Å². The van der Waals surface area contributed by atoms with E-state index in [9.17, 15) is 48.6 Å². The molecule has 3 heterocycles. The molecule has 72 heavy (non-hydrogen) atoms. The number of nitrogens with two attached hydrogens (primary N) is 2. The van der Waals surface area contributed by atoms with Gasteiger partial charge in [0, 0.05) is 74.7 Å². The molecule has 0 radical (unpaired) electrons. The molecular formula is C48H66N14O10. The number of carboxylic acid groups (broad SMARTS) is 1. The van der Waals surface area contributed by atoms with Gasteiger partial charge in [-0.15, -0.1) is 0 Å². The summed E-state index contributed by atoms with van der Waals surface area (Å²) >= 11 is 0. The molecule has 0 bridgehead atoms. The summed E-state index contributed by atoms with van der Waals surface area (Å²) in [5.41, 5.74) is 13.5. The normalized spacial score (nSPS) is 21.3. The zero-order valence-electron chi connectivity index (χ0n) is 40.2. The van der Waals surface area contributed by atoms with Crippen molar-refractivity contribution in [1.29, 1.82) is 0 Å². The Balaban J connectivity index is 1.52. The second-order valence-electron chi connectivity index (χ2n) is 17.6. The number of guanidine groups is 1. The van der Waals surface area contributed by atoms with Crippen LogP contribution < -0.4 is 54.0 Å². The Labute approximate surface area is 415 Å². The van der Waals surface area contributed by atoms with Gasteiger partial charge in [0.15, 0.2) is 5.96 Å². The van der Waals surface area contributed by atoms with Crippen LogP contribution >= 0.6 is 0 Å². The molecule has 1 aliphatic rings. The third kappa shape index (κ3) is 17.2. The van der Waals surface area contributed by atoms with Crippen LogP contribution in [0, 0.1) is 0 Å². The molecular weight excluding hydrogens is 933 g/mol. The molecule has 7 amide bonds. The Morgan fingerprint density at radius 3 is 2.28 bits per heavy atom. The van der Waals surface area contributed by atoms with E-state index in [-0.39, 0.29) is 57.5 Å². The molecule has 1 unspecified atom stereocenters. The van der Waals surface area contributed by atoms with Crippen molar-refractivity contribution in [1.82, 2.24) is 57.5 Å². The molecule has 0 saturated carbocycles. The molecule has 0 aliphatic carbocycles. The number of unbranched alkanes of at least 4 members (excludes halogenated alkanes) is 1. The number of para-hydroxylation sites is 1. The first-order valence-corrected chi connectivity index (χ1v) is 23.8. The average molecular weight is 999 g/mol.